The molecule has 0 rings (SSSR count). The molecule has 0 fully saturated rings. The van der Waals surface area contributed by atoms with Gasteiger partial charge in [-0.3, -0.25) is 0 Å². The van der Waals surface area contributed by atoms with Crippen molar-refractivity contribution in [2.24, 2.45) is 5.92 Å². The first kappa shape index (κ1) is 11.7. The van der Waals surface area contributed by atoms with E-state index < -0.39 is 0 Å². The molecule has 0 aromatic carbocycles. The first-order valence-electron chi connectivity index (χ1n) is 4.57. The van der Waals surface area contributed by atoms with E-state index in [0.29, 0.717) is 0 Å². The summed E-state index contributed by atoms with van der Waals surface area (Å²) in [6.07, 6.45) is 6.89. The van der Waals surface area contributed by atoms with Gasteiger partial charge in [0.05, 0.1) is 0 Å². The topological polar surface area (TPSA) is 0 Å². The summed E-state index contributed by atoms with van der Waals surface area (Å²) in [6, 6.07) is 0. The lowest BCUT2D eigenvalue weighted by molar-refractivity contribution is 0.486. The molecule has 0 saturated heterocycles. The predicted molar refractivity (Wildman–Crippen MR) is 59.4 cm³/mol. The third-order valence-electron chi connectivity index (χ3n) is 2.00. The average molecular weight is 192 g/mol. The highest BCUT2D eigenvalue weighted by Gasteiger charge is 2.00. The van der Waals surface area contributed by atoms with Crippen molar-refractivity contribution >= 4 is 22.5 Å². The summed E-state index contributed by atoms with van der Waals surface area (Å²) in [5.74, 6) is 2.11. The van der Waals surface area contributed by atoms with Gasteiger partial charge >= 0.3 is 0 Å². The minimum absolute atomic E-state index is 0.904. The molecule has 0 spiro atoms. The molecule has 1 atom stereocenters. The number of thiol groups is 1. The van der Waals surface area contributed by atoms with Gasteiger partial charge in [0.15, 0.2) is 0 Å². The lowest BCUT2D eigenvalue weighted by Crippen LogP contribution is -1.95. The quantitative estimate of drug-likeness (QED) is 0.359. The van der Waals surface area contributed by atoms with Gasteiger partial charge in [0, 0.05) is 5.75 Å². The minimum atomic E-state index is 0.904. The van der Waals surface area contributed by atoms with E-state index in [2.05, 4.69) is 25.5 Å². The minimum Gasteiger partial charge on any atom is -0.111 e. The van der Waals surface area contributed by atoms with Crippen molar-refractivity contribution in [1.29, 1.82) is 0 Å². The Morgan fingerprint density at radius 2 is 2.00 bits per heavy atom. The zero-order chi connectivity index (χ0) is 8.53. The Hall–Kier alpha value is 0.700. The van der Waals surface area contributed by atoms with Crippen LogP contribution in [-0.4, -0.2) is 5.75 Å². The summed E-state index contributed by atoms with van der Waals surface area (Å²) in [7, 11) is 1.66. The van der Waals surface area contributed by atoms with Gasteiger partial charge in [-0.2, -0.15) is 0 Å². The zero-order valence-corrected chi connectivity index (χ0v) is 9.39. The van der Waals surface area contributed by atoms with Crippen LogP contribution < -0.4 is 0 Å². The first-order valence-corrected chi connectivity index (χ1v) is 6.61. The van der Waals surface area contributed by atoms with Crippen molar-refractivity contribution in [2.75, 3.05) is 5.75 Å². The summed E-state index contributed by atoms with van der Waals surface area (Å²) in [6.45, 7) is 4.61. The lowest BCUT2D eigenvalue weighted by atomic mass is 10.0. The maximum atomic E-state index is 4.12. The molecule has 0 aromatic rings. The highest BCUT2D eigenvalue weighted by molar-refractivity contribution is 8.68. The van der Waals surface area contributed by atoms with Gasteiger partial charge in [0.25, 0.3) is 0 Å². The Labute approximate surface area is 80.3 Å². The van der Waals surface area contributed by atoms with Crippen LogP contribution in [0.5, 0.6) is 0 Å². The summed E-state index contributed by atoms with van der Waals surface area (Å²) in [5, 5.41) is 0. The van der Waals surface area contributed by atoms with Gasteiger partial charge in [-0.05, 0) is 12.3 Å². The fourth-order valence-electron chi connectivity index (χ4n) is 1.14. The third kappa shape index (κ3) is 8.61. The van der Waals surface area contributed by atoms with Crippen molar-refractivity contribution in [2.45, 2.75) is 46.0 Å². The van der Waals surface area contributed by atoms with Crippen LogP contribution in [0.25, 0.3) is 0 Å². The van der Waals surface area contributed by atoms with Crippen LogP contribution in [0.3, 0.4) is 0 Å². The molecule has 0 radical (unpaired) electrons. The second kappa shape index (κ2) is 8.79. The number of hydrogen-bond donors (Lipinski definition) is 1. The van der Waals surface area contributed by atoms with E-state index in [-0.39, 0.29) is 0 Å². The SMILES string of the molecule is CCCCCC(C)CCSS. The van der Waals surface area contributed by atoms with Gasteiger partial charge in [-0.15, -0.1) is 11.7 Å². The smallest absolute Gasteiger partial charge is 0.00370 e. The normalized spacial score (nSPS) is 13.4. The number of hydrogen-bond acceptors (Lipinski definition) is 2. The van der Waals surface area contributed by atoms with Crippen molar-refractivity contribution < 1.29 is 0 Å². The average Bonchev–Trinajstić information content (AvgIpc) is 2.01. The van der Waals surface area contributed by atoms with Crippen molar-refractivity contribution in [3.63, 3.8) is 0 Å². The van der Waals surface area contributed by atoms with E-state index in [1.54, 1.807) is 10.8 Å². The molecule has 0 nitrogen and oxygen atoms in total. The number of unbranched alkanes of at least 4 members (excludes halogenated alkanes) is 2. The lowest BCUT2D eigenvalue weighted by Gasteiger charge is -2.08. The highest BCUT2D eigenvalue weighted by Crippen LogP contribution is 2.17. The second-order valence-electron chi connectivity index (χ2n) is 3.22. The molecule has 0 heterocycles. The van der Waals surface area contributed by atoms with Gasteiger partial charge in [0.1, 0.15) is 0 Å². The Morgan fingerprint density at radius 1 is 1.27 bits per heavy atom. The summed E-state index contributed by atoms with van der Waals surface area (Å²) < 4.78 is 0. The summed E-state index contributed by atoms with van der Waals surface area (Å²) in [4.78, 5) is 0. The molecule has 0 saturated carbocycles. The molecule has 0 amide bonds. The molecular weight excluding hydrogens is 172 g/mol. The van der Waals surface area contributed by atoms with Gasteiger partial charge in [-0.25, -0.2) is 0 Å². The van der Waals surface area contributed by atoms with Gasteiger partial charge in [0.2, 0.25) is 0 Å². The van der Waals surface area contributed by atoms with Crippen LogP contribution in [-0.2, 0) is 0 Å². The fraction of sp³-hybridized carbons (Fsp3) is 1.00. The second-order valence-corrected chi connectivity index (χ2v) is 4.66. The highest BCUT2D eigenvalue weighted by atomic mass is 33.1. The molecule has 0 aromatic heterocycles. The van der Waals surface area contributed by atoms with E-state index in [0.717, 1.165) is 5.92 Å². The van der Waals surface area contributed by atoms with Crippen LogP contribution in [0.4, 0.5) is 0 Å². The summed E-state index contributed by atoms with van der Waals surface area (Å²) in [5.41, 5.74) is 0. The monoisotopic (exact) mass is 192 g/mol. The Kier molecular flexibility index (Phi) is 9.35. The van der Waals surface area contributed by atoms with Crippen LogP contribution >= 0.6 is 22.5 Å². The maximum Gasteiger partial charge on any atom is 0.00370 e. The van der Waals surface area contributed by atoms with Crippen molar-refractivity contribution in [3.05, 3.63) is 0 Å². The standard InChI is InChI=1S/C9H20S2/c1-3-4-5-6-9(2)7-8-11-10/h9-10H,3-8H2,1-2H3. The van der Waals surface area contributed by atoms with Crippen LogP contribution in [0.1, 0.15) is 46.0 Å². The molecule has 0 bridgehead atoms. The largest absolute Gasteiger partial charge is 0.111 e. The fourth-order valence-corrected chi connectivity index (χ4v) is 1.97. The van der Waals surface area contributed by atoms with E-state index in [9.17, 15) is 0 Å². The molecule has 0 aliphatic heterocycles. The number of rotatable bonds is 7. The maximum absolute atomic E-state index is 4.12. The molecule has 0 aliphatic carbocycles. The molecule has 1 unspecified atom stereocenters. The first-order chi connectivity index (χ1) is 5.31. The van der Waals surface area contributed by atoms with E-state index in [1.807, 2.05) is 0 Å². The molecule has 0 N–H and O–H groups in total. The molecule has 2 heteroatoms. The molecular formula is C9H20S2. The zero-order valence-electron chi connectivity index (χ0n) is 7.68. The molecule has 68 valence electrons. The Bertz CT molecular complexity index is 74.0. The van der Waals surface area contributed by atoms with Crippen LogP contribution in [0.15, 0.2) is 0 Å². The molecule has 11 heavy (non-hydrogen) atoms. The third-order valence-corrected chi connectivity index (χ3v) is 2.97. The Balaban J connectivity index is 3.02. The van der Waals surface area contributed by atoms with E-state index >= 15 is 0 Å². The van der Waals surface area contributed by atoms with Crippen molar-refractivity contribution in [1.82, 2.24) is 0 Å². The predicted octanol–water partition coefficient (Wildman–Crippen LogP) is 4.17. The molecule has 0 aliphatic rings. The van der Waals surface area contributed by atoms with Crippen molar-refractivity contribution in [3.8, 4) is 0 Å². The van der Waals surface area contributed by atoms with Crippen LogP contribution in [0, 0.1) is 5.92 Å². The summed E-state index contributed by atoms with van der Waals surface area (Å²) >= 11 is 4.12. The van der Waals surface area contributed by atoms with E-state index in [4.69, 9.17) is 0 Å². The van der Waals surface area contributed by atoms with E-state index in [1.165, 1.54) is 37.9 Å². The van der Waals surface area contributed by atoms with Crippen LogP contribution in [0.2, 0.25) is 0 Å². The van der Waals surface area contributed by atoms with Gasteiger partial charge in [-0.1, -0.05) is 50.3 Å². The Morgan fingerprint density at radius 3 is 2.55 bits per heavy atom. The van der Waals surface area contributed by atoms with Gasteiger partial charge < -0.3 is 0 Å².